The maximum absolute atomic E-state index is 12.6. The summed E-state index contributed by atoms with van der Waals surface area (Å²) in [5, 5.41) is 0. The number of hydrogen-bond donors (Lipinski definition) is 1. The van der Waals surface area contributed by atoms with Crippen molar-refractivity contribution in [3.8, 4) is 22.6 Å². The molecule has 2 aromatic heterocycles. The molecule has 0 aliphatic heterocycles. The molecule has 0 saturated carbocycles. The second-order valence-corrected chi connectivity index (χ2v) is 4.25. The number of aromatic amines is 1. The van der Waals surface area contributed by atoms with Gasteiger partial charge in [-0.1, -0.05) is 12.1 Å². The van der Waals surface area contributed by atoms with Gasteiger partial charge >= 0.3 is 6.18 Å². The van der Waals surface area contributed by atoms with E-state index < -0.39 is 11.7 Å². The van der Waals surface area contributed by atoms with Gasteiger partial charge in [-0.15, -0.1) is 0 Å². The molecule has 0 spiro atoms. The van der Waals surface area contributed by atoms with E-state index in [9.17, 15) is 13.2 Å². The second-order valence-electron chi connectivity index (χ2n) is 4.25. The van der Waals surface area contributed by atoms with Gasteiger partial charge in [-0.05, 0) is 12.1 Å². The van der Waals surface area contributed by atoms with Crippen molar-refractivity contribution in [3.63, 3.8) is 0 Å². The normalized spacial score (nSPS) is 11.6. The lowest BCUT2D eigenvalue weighted by Crippen LogP contribution is -2.04. The summed E-state index contributed by atoms with van der Waals surface area (Å²) in [6, 6.07) is 4.77. The van der Waals surface area contributed by atoms with Gasteiger partial charge in [0.15, 0.2) is 6.33 Å². The molecular weight excluding hydrogens is 281 g/mol. The molecule has 3 aromatic rings. The maximum Gasteiger partial charge on any atom is 0.416 e. The van der Waals surface area contributed by atoms with Crippen molar-refractivity contribution in [2.75, 3.05) is 0 Å². The minimum atomic E-state index is -4.36. The number of rotatable bonds is 2. The number of alkyl halides is 3. The zero-order chi connectivity index (χ0) is 14.9. The van der Waals surface area contributed by atoms with Gasteiger partial charge in [0.2, 0.25) is 0 Å². The highest BCUT2D eigenvalue weighted by atomic mass is 19.4. The van der Waals surface area contributed by atoms with Crippen molar-refractivity contribution in [1.82, 2.24) is 19.9 Å². The van der Waals surface area contributed by atoms with Gasteiger partial charge in [0, 0.05) is 24.2 Å². The number of nitrogens with one attached hydrogen (secondary N) is 1. The summed E-state index contributed by atoms with van der Waals surface area (Å²) in [6.45, 7) is 0. The Morgan fingerprint density at radius 2 is 1.86 bits per heavy atom. The van der Waals surface area contributed by atoms with Crippen molar-refractivity contribution in [2.45, 2.75) is 6.18 Å². The Hall–Kier alpha value is -2.70. The third-order valence-electron chi connectivity index (χ3n) is 2.91. The molecule has 0 aliphatic carbocycles. The van der Waals surface area contributed by atoms with Crippen LogP contribution in [-0.4, -0.2) is 19.9 Å². The molecule has 21 heavy (non-hydrogen) atoms. The number of aromatic nitrogens is 4. The Morgan fingerprint density at radius 3 is 2.48 bits per heavy atom. The smallest absolute Gasteiger partial charge is 0.345 e. The SMILES string of the molecule is FC(F)(F)c1ccc(-c2n[c]ncc2-c2ncc[nH]2)cc1. The van der Waals surface area contributed by atoms with E-state index in [-0.39, 0.29) is 0 Å². The van der Waals surface area contributed by atoms with Crippen molar-refractivity contribution in [2.24, 2.45) is 0 Å². The highest BCUT2D eigenvalue weighted by Gasteiger charge is 2.30. The first-order valence-electron chi connectivity index (χ1n) is 5.96. The van der Waals surface area contributed by atoms with Gasteiger partial charge in [-0.2, -0.15) is 13.2 Å². The van der Waals surface area contributed by atoms with Crippen LogP contribution in [-0.2, 0) is 6.18 Å². The van der Waals surface area contributed by atoms with Crippen LogP contribution in [0.4, 0.5) is 13.2 Å². The van der Waals surface area contributed by atoms with E-state index in [1.54, 1.807) is 12.4 Å². The summed E-state index contributed by atoms with van der Waals surface area (Å²) in [6.07, 6.45) is 2.81. The zero-order valence-corrected chi connectivity index (χ0v) is 10.5. The molecule has 0 amide bonds. The summed E-state index contributed by atoms with van der Waals surface area (Å²) < 4.78 is 37.7. The van der Waals surface area contributed by atoms with E-state index in [1.165, 1.54) is 18.3 Å². The van der Waals surface area contributed by atoms with Crippen LogP contribution < -0.4 is 0 Å². The molecular formula is C14H8F3N4. The molecule has 1 radical (unpaired) electrons. The van der Waals surface area contributed by atoms with Gasteiger partial charge in [-0.25, -0.2) is 15.0 Å². The Bertz CT molecular complexity index is 734. The van der Waals surface area contributed by atoms with E-state index in [0.717, 1.165) is 12.1 Å². The maximum atomic E-state index is 12.6. The van der Waals surface area contributed by atoms with E-state index in [4.69, 9.17) is 0 Å². The van der Waals surface area contributed by atoms with E-state index in [2.05, 4.69) is 26.3 Å². The standard InChI is InChI=1S/C14H8F3N4/c15-14(16,17)10-3-1-9(2-4-10)12-11(7-18-8-21-12)13-19-5-6-20-13/h1-7H,(H,19,20). The van der Waals surface area contributed by atoms with Crippen LogP contribution in [0.2, 0.25) is 0 Å². The molecule has 4 nitrogen and oxygen atoms in total. The molecule has 0 unspecified atom stereocenters. The number of halogens is 3. The number of benzene rings is 1. The van der Waals surface area contributed by atoms with Crippen LogP contribution in [0.3, 0.4) is 0 Å². The lowest BCUT2D eigenvalue weighted by molar-refractivity contribution is -0.137. The fourth-order valence-electron chi connectivity index (χ4n) is 1.92. The van der Waals surface area contributed by atoms with Crippen molar-refractivity contribution in [3.05, 3.63) is 54.7 Å². The molecule has 0 aliphatic rings. The Kier molecular flexibility index (Phi) is 3.17. The molecule has 3 rings (SSSR count). The van der Waals surface area contributed by atoms with Gasteiger partial charge in [-0.3, -0.25) is 0 Å². The van der Waals surface area contributed by atoms with Gasteiger partial charge in [0.1, 0.15) is 5.82 Å². The lowest BCUT2D eigenvalue weighted by Gasteiger charge is -2.09. The first-order valence-corrected chi connectivity index (χ1v) is 5.96. The zero-order valence-electron chi connectivity index (χ0n) is 10.5. The second kappa shape index (κ2) is 5.01. The Labute approximate surface area is 117 Å². The summed E-state index contributed by atoms with van der Waals surface area (Å²) in [5.74, 6) is 0.541. The van der Waals surface area contributed by atoms with Crippen molar-refractivity contribution >= 4 is 0 Å². The predicted octanol–water partition coefficient (Wildman–Crippen LogP) is 3.35. The van der Waals surface area contributed by atoms with Gasteiger partial charge < -0.3 is 4.98 Å². The third kappa shape index (κ3) is 2.62. The number of nitrogens with zero attached hydrogens (tertiary/aromatic N) is 3. The average Bonchev–Trinajstić information content (AvgIpc) is 3.01. The van der Waals surface area contributed by atoms with Crippen molar-refractivity contribution in [1.29, 1.82) is 0 Å². The first kappa shape index (κ1) is 13.3. The summed E-state index contributed by atoms with van der Waals surface area (Å²) in [4.78, 5) is 14.8. The quantitative estimate of drug-likeness (QED) is 0.787. The van der Waals surface area contributed by atoms with Crippen LogP contribution in [0.25, 0.3) is 22.6 Å². The minimum absolute atomic E-state index is 0.466. The fourth-order valence-corrected chi connectivity index (χ4v) is 1.92. The summed E-state index contributed by atoms with van der Waals surface area (Å²) in [7, 11) is 0. The molecule has 7 heteroatoms. The van der Waals surface area contributed by atoms with E-state index >= 15 is 0 Å². The van der Waals surface area contributed by atoms with Gasteiger partial charge in [0.25, 0.3) is 0 Å². The molecule has 105 valence electrons. The number of imidazole rings is 1. The van der Waals surface area contributed by atoms with Crippen LogP contribution in [0, 0.1) is 6.33 Å². The van der Waals surface area contributed by atoms with Gasteiger partial charge in [0.05, 0.1) is 16.8 Å². The fraction of sp³-hybridized carbons (Fsp3) is 0.0714. The first-order chi connectivity index (χ1) is 10.1. The van der Waals surface area contributed by atoms with Crippen LogP contribution >= 0.6 is 0 Å². The minimum Gasteiger partial charge on any atom is -0.345 e. The molecule has 1 N–H and O–H groups in total. The van der Waals surface area contributed by atoms with Crippen LogP contribution in [0.15, 0.2) is 42.9 Å². The Morgan fingerprint density at radius 1 is 1.10 bits per heavy atom. The molecule has 0 bridgehead atoms. The van der Waals surface area contributed by atoms with E-state index in [0.29, 0.717) is 22.6 Å². The lowest BCUT2D eigenvalue weighted by atomic mass is 10.0. The highest BCUT2D eigenvalue weighted by molar-refractivity contribution is 5.76. The number of hydrogen-bond acceptors (Lipinski definition) is 3. The van der Waals surface area contributed by atoms with Crippen LogP contribution in [0.5, 0.6) is 0 Å². The monoisotopic (exact) mass is 289 g/mol. The predicted molar refractivity (Wildman–Crippen MR) is 68.9 cm³/mol. The topological polar surface area (TPSA) is 54.5 Å². The van der Waals surface area contributed by atoms with Crippen molar-refractivity contribution < 1.29 is 13.2 Å². The van der Waals surface area contributed by atoms with E-state index in [1.807, 2.05) is 0 Å². The summed E-state index contributed by atoms with van der Waals surface area (Å²) >= 11 is 0. The molecule has 0 fully saturated rings. The third-order valence-corrected chi connectivity index (χ3v) is 2.91. The number of H-pyrrole nitrogens is 1. The molecule has 0 saturated heterocycles. The largest absolute Gasteiger partial charge is 0.416 e. The average molecular weight is 289 g/mol. The Balaban J connectivity index is 2.06. The molecule has 1 aromatic carbocycles. The highest BCUT2D eigenvalue weighted by Crippen LogP contribution is 2.32. The van der Waals surface area contributed by atoms with Crippen LogP contribution in [0.1, 0.15) is 5.56 Å². The molecule has 0 atom stereocenters. The summed E-state index contributed by atoms with van der Waals surface area (Å²) in [5.41, 5.74) is 0.893. The molecule has 2 heterocycles.